The second-order valence-electron chi connectivity index (χ2n) is 3.53. The molecule has 7 heteroatoms. The molecule has 1 aromatic rings. The van der Waals surface area contributed by atoms with Crippen LogP contribution in [0.4, 0.5) is 5.82 Å². The Hall–Kier alpha value is -0.880. The third-order valence-corrected chi connectivity index (χ3v) is 3.03. The van der Waals surface area contributed by atoms with Crippen LogP contribution >= 0.6 is 11.6 Å². The molecule has 0 aliphatic heterocycles. The molecule has 0 spiro atoms. The first-order chi connectivity index (χ1) is 7.37. The summed E-state index contributed by atoms with van der Waals surface area (Å²) >= 11 is 5.75. The van der Waals surface area contributed by atoms with Crippen LogP contribution in [0.2, 0.25) is 5.15 Å². The Kier molecular flexibility index (Phi) is 4.49. The Morgan fingerprint density at radius 3 is 2.69 bits per heavy atom. The number of hydrogen-bond donors (Lipinski definition) is 1. The lowest BCUT2D eigenvalue weighted by Crippen LogP contribution is -2.10. The maximum Gasteiger partial charge on any atom is 0.147 e. The lowest BCUT2D eigenvalue weighted by molar-refractivity contribution is 0.600. The van der Waals surface area contributed by atoms with Crippen LogP contribution in [0, 0.1) is 6.92 Å². The Bertz CT molecular complexity index is 442. The van der Waals surface area contributed by atoms with E-state index in [-0.39, 0.29) is 5.75 Å². The van der Waals surface area contributed by atoms with Crippen LogP contribution in [0.3, 0.4) is 0 Å². The number of aromatic nitrogens is 2. The van der Waals surface area contributed by atoms with Crippen molar-refractivity contribution < 1.29 is 8.42 Å². The Balaban J connectivity index is 2.43. The highest BCUT2D eigenvalue weighted by Gasteiger charge is 2.02. The number of hydrogen-bond acceptors (Lipinski definition) is 5. The van der Waals surface area contributed by atoms with E-state index in [1.807, 2.05) is 0 Å². The van der Waals surface area contributed by atoms with Gasteiger partial charge in [-0.2, -0.15) is 0 Å². The molecule has 0 fully saturated rings. The number of rotatable bonds is 5. The second-order valence-corrected chi connectivity index (χ2v) is 6.18. The highest BCUT2D eigenvalue weighted by atomic mass is 35.5. The minimum Gasteiger partial charge on any atom is -0.370 e. The van der Waals surface area contributed by atoms with Crippen LogP contribution in [-0.2, 0) is 9.84 Å². The average Bonchev–Trinajstić information content (AvgIpc) is 2.09. The summed E-state index contributed by atoms with van der Waals surface area (Å²) < 4.78 is 21.8. The van der Waals surface area contributed by atoms with Gasteiger partial charge < -0.3 is 5.32 Å². The van der Waals surface area contributed by atoms with Crippen molar-refractivity contribution in [3.63, 3.8) is 0 Å². The highest BCUT2D eigenvalue weighted by Crippen LogP contribution is 2.10. The van der Waals surface area contributed by atoms with Crippen molar-refractivity contribution in [3.05, 3.63) is 17.0 Å². The molecule has 5 nitrogen and oxygen atoms in total. The van der Waals surface area contributed by atoms with Gasteiger partial charge in [-0.3, -0.25) is 0 Å². The average molecular weight is 264 g/mol. The van der Waals surface area contributed by atoms with Crippen LogP contribution in [0.1, 0.15) is 12.2 Å². The number of anilines is 1. The maximum absolute atomic E-state index is 10.9. The minimum absolute atomic E-state index is 0.164. The molecule has 0 aliphatic carbocycles. The molecule has 0 radical (unpaired) electrons. The lowest BCUT2D eigenvalue weighted by Gasteiger charge is -2.05. The number of nitrogens with one attached hydrogen (secondary N) is 1. The van der Waals surface area contributed by atoms with Crippen molar-refractivity contribution in [2.75, 3.05) is 23.9 Å². The van der Waals surface area contributed by atoms with Gasteiger partial charge in [-0.15, -0.1) is 0 Å². The van der Waals surface area contributed by atoms with Gasteiger partial charge in [-0.05, 0) is 13.3 Å². The van der Waals surface area contributed by atoms with Crippen molar-refractivity contribution in [2.24, 2.45) is 0 Å². The quantitative estimate of drug-likeness (QED) is 0.640. The first-order valence-electron chi connectivity index (χ1n) is 4.79. The van der Waals surface area contributed by atoms with Crippen LogP contribution in [0.15, 0.2) is 6.07 Å². The second kappa shape index (κ2) is 5.45. The molecule has 1 heterocycles. The number of sulfone groups is 1. The van der Waals surface area contributed by atoms with E-state index in [9.17, 15) is 8.42 Å². The molecule has 0 aliphatic rings. The van der Waals surface area contributed by atoms with Crippen molar-refractivity contribution in [2.45, 2.75) is 13.3 Å². The van der Waals surface area contributed by atoms with Crippen molar-refractivity contribution >= 4 is 27.3 Å². The van der Waals surface area contributed by atoms with Gasteiger partial charge in [-0.25, -0.2) is 18.4 Å². The Morgan fingerprint density at radius 1 is 1.44 bits per heavy atom. The Labute approximate surface area is 100 Å². The standard InChI is InChI=1S/C9H14ClN3O2S/c1-7-12-8(10)6-9(13-7)11-4-3-5-16(2,14)15/h6H,3-5H2,1-2H3,(H,11,12,13). The molecule has 0 saturated carbocycles. The normalized spacial score (nSPS) is 11.4. The summed E-state index contributed by atoms with van der Waals surface area (Å²) in [4.78, 5) is 8.03. The fourth-order valence-corrected chi connectivity index (χ4v) is 2.07. The van der Waals surface area contributed by atoms with Gasteiger partial charge >= 0.3 is 0 Å². The lowest BCUT2D eigenvalue weighted by atomic mass is 10.4. The molecular weight excluding hydrogens is 250 g/mol. The van der Waals surface area contributed by atoms with Gasteiger partial charge in [-0.1, -0.05) is 11.6 Å². The summed E-state index contributed by atoms with van der Waals surface area (Å²) in [7, 11) is -2.89. The van der Waals surface area contributed by atoms with E-state index < -0.39 is 9.84 Å². The third kappa shape index (κ3) is 5.27. The van der Waals surface area contributed by atoms with E-state index in [4.69, 9.17) is 11.6 Å². The molecule has 1 rings (SSSR count). The van der Waals surface area contributed by atoms with Crippen LogP contribution in [-0.4, -0.2) is 36.9 Å². The molecule has 1 N–H and O–H groups in total. The van der Waals surface area contributed by atoms with Gasteiger partial charge in [0.05, 0.1) is 5.75 Å². The first-order valence-corrected chi connectivity index (χ1v) is 7.23. The van der Waals surface area contributed by atoms with Gasteiger partial charge in [0.25, 0.3) is 0 Å². The van der Waals surface area contributed by atoms with Crippen molar-refractivity contribution in [1.82, 2.24) is 9.97 Å². The van der Waals surface area contributed by atoms with E-state index in [0.717, 1.165) is 0 Å². The third-order valence-electron chi connectivity index (χ3n) is 1.80. The van der Waals surface area contributed by atoms with Crippen LogP contribution < -0.4 is 5.32 Å². The van der Waals surface area contributed by atoms with Gasteiger partial charge in [0, 0.05) is 18.9 Å². The van der Waals surface area contributed by atoms with Crippen LogP contribution in [0.25, 0.3) is 0 Å². The molecule has 90 valence electrons. The number of nitrogens with zero attached hydrogens (tertiary/aromatic N) is 2. The monoisotopic (exact) mass is 263 g/mol. The summed E-state index contributed by atoms with van der Waals surface area (Å²) in [6, 6.07) is 1.61. The SMILES string of the molecule is Cc1nc(Cl)cc(NCCCS(C)(=O)=O)n1. The molecule has 0 unspecified atom stereocenters. The molecule has 1 aromatic heterocycles. The van der Waals surface area contributed by atoms with Crippen molar-refractivity contribution in [3.8, 4) is 0 Å². The first kappa shape index (κ1) is 13.2. The zero-order chi connectivity index (χ0) is 12.2. The topological polar surface area (TPSA) is 72.0 Å². The predicted molar refractivity (Wildman–Crippen MR) is 64.6 cm³/mol. The minimum atomic E-state index is -2.89. The predicted octanol–water partition coefficient (Wildman–Crippen LogP) is 1.29. The Morgan fingerprint density at radius 2 is 2.12 bits per heavy atom. The fourth-order valence-electron chi connectivity index (χ4n) is 1.17. The van der Waals surface area contributed by atoms with Gasteiger partial charge in [0.15, 0.2) is 0 Å². The molecule has 0 bridgehead atoms. The molecule has 0 amide bonds. The summed E-state index contributed by atoms with van der Waals surface area (Å²) in [5.41, 5.74) is 0. The number of halogens is 1. The molecule has 0 atom stereocenters. The summed E-state index contributed by atoms with van der Waals surface area (Å²) in [6.07, 6.45) is 1.76. The van der Waals surface area contributed by atoms with Gasteiger partial charge in [0.2, 0.25) is 0 Å². The van der Waals surface area contributed by atoms with E-state index >= 15 is 0 Å². The fraction of sp³-hybridized carbons (Fsp3) is 0.556. The van der Waals surface area contributed by atoms with Gasteiger partial charge in [0.1, 0.15) is 26.6 Å². The van der Waals surface area contributed by atoms with E-state index in [2.05, 4.69) is 15.3 Å². The highest BCUT2D eigenvalue weighted by molar-refractivity contribution is 7.90. The van der Waals surface area contributed by atoms with E-state index in [0.29, 0.717) is 29.8 Å². The maximum atomic E-state index is 10.9. The summed E-state index contributed by atoms with van der Waals surface area (Å²) in [5.74, 6) is 1.36. The van der Waals surface area contributed by atoms with E-state index in [1.165, 1.54) is 6.26 Å². The summed E-state index contributed by atoms with van der Waals surface area (Å²) in [6.45, 7) is 2.29. The molecule has 0 saturated heterocycles. The van der Waals surface area contributed by atoms with Crippen molar-refractivity contribution in [1.29, 1.82) is 0 Å². The smallest absolute Gasteiger partial charge is 0.147 e. The largest absolute Gasteiger partial charge is 0.370 e. The molecule has 16 heavy (non-hydrogen) atoms. The molecular formula is C9H14ClN3O2S. The van der Waals surface area contributed by atoms with E-state index in [1.54, 1.807) is 13.0 Å². The summed E-state index contributed by atoms with van der Waals surface area (Å²) in [5, 5.41) is 3.37. The zero-order valence-corrected chi connectivity index (χ0v) is 10.8. The van der Waals surface area contributed by atoms with Crippen LogP contribution in [0.5, 0.6) is 0 Å². The zero-order valence-electron chi connectivity index (χ0n) is 9.20. The molecule has 0 aromatic carbocycles. The number of aryl methyl sites for hydroxylation is 1.